The summed E-state index contributed by atoms with van der Waals surface area (Å²) >= 11 is 0. The summed E-state index contributed by atoms with van der Waals surface area (Å²) in [5.74, 6) is -2.91. The maximum Gasteiger partial charge on any atom is 0.451 e. The molecule has 0 radical (unpaired) electrons. The third-order valence-electron chi connectivity index (χ3n) is 5.74. The fraction of sp³-hybridized carbons (Fsp3) is 0.130. The van der Waals surface area contributed by atoms with Crippen molar-refractivity contribution < 1.29 is 22.0 Å². The van der Waals surface area contributed by atoms with Crippen molar-refractivity contribution in [1.82, 2.24) is 34.3 Å². The van der Waals surface area contributed by atoms with Gasteiger partial charge in [-0.05, 0) is 19.1 Å². The van der Waals surface area contributed by atoms with Gasteiger partial charge >= 0.3 is 6.18 Å². The Labute approximate surface area is 204 Å². The number of benzene rings is 1. The van der Waals surface area contributed by atoms with Crippen LogP contribution >= 0.6 is 0 Å². The van der Waals surface area contributed by atoms with Crippen LogP contribution in [0.25, 0.3) is 27.8 Å². The third-order valence-corrected chi connectivity index (χ3v) is 5.74. The number of fused-ring (bicyclic) bond motifs is 1. The van der Waals surface area contributed by atoms with Gasteiger partial charge in [0.2, 0.25) is 5.82 Å². The molecule has 1 aromatic carbocycles. The second-order valence-electron chi connectivity index (χ2n) is 7.95. The van der Waals surface area contributed by atoms with Crippen molar-refractivity contribution in [2.45, 2.75) is 19.1 Å². The van der Waals surface area contributed by atoms with Gasteiger partial charge in [0.1, 0.15) is 41.1 Å². The number of hydrogen-bond donors (Lipinski definition) is 1. The van der Waals surface area contributed by atoms with E-state index in [9.17, 15) is 27.2 Å². The van der Waals surface area contributed by atoms with Crippen LogP contribution in [0.2, 0.25) is 0 Å². The number of hydrogen-bond acceptors (Lipinski definition) is 7. The summed E-state index contributed by atoms with van der Waals surface area (Å²) in [6.07, 6.45) is 1.27. The highest BCUT2D eigenvalue weighted by atomic mass is 19.4. The number of anilines is 1. The maximum absolute atomic E-state index is 14.3. The van der Waals surface area contributed by atoms with Gasteiger partial charge in [0.15, 0.2) is 5.82 Å². The molecule has 0 amide bonds. The van der Waals surface area contributed by atoms with E-state index in [1.807, 2.05) is 0 Å². The first-order chi connectivity index (χ1) is 17.6. The molecule has 0 fully saturated rings. The van der Waals surface area contributed by atoms with Crippen molar-refractivity contribution in [3.05, 3.63) is 78.0 Å². The molecule has 1 atom stereocenters. The van der Waals surface area contributed by atoms with Crippen LogP contribution in [0.4, 0.5) is 27.8 Å². The Balaban J connectivity index is 1.67. The zero-order chi connectivity index (χ0) is 26.5. The van der Waals surface area contributed by atoms with Crippen LogP contribution in [0.1, 0.15) is 30.0 Å². The first-order valence-electron chi connectivity index (χ1n) is 10.5. The maximum atomic E-state index is 14.3. The minimum atomic E-state index is -4.74. The van der Waals surface area contributed by atoms with E-state index in [1.165, 1.54) is 34.0 Å². The van der Waals surface area contributed by atoms with Gasteiger partial charge in [-0.2, -0.15) is 23.5 Å². The van der Waals surface area contributed by atoms with Crippen molar-refractivity contribution in [2.75, 3.05) is 5.73 Å². The number of nitrogen functional groups attached to an aromatic ring is 1. The molecule has 0 saturated carbocycles. The molecule has 0 aliphatic heterocycles. The third kappa shape index (κ3) is 3.99. The lowest BCUT2D eigenvalue weighted by Crippen LogP contribution is -2.11. The van der Waals surface area contributed by atoms with Crippen molar-refractivity contribution in [1.29, 1.82) is 5.26 Å². The first-order valence-corrected chi connectivity index (χ1v) is 10.5. The molecule has 14 heteroatoms. The number of rotatable bonds is 4. The van der Waals surface area contributed by atoms with Crippen LogP contribution < -0.4 is 5.73 Å². The van der Waals surface area contributed by atoms with Gasteiger partial charge in [-0.25, -0.2) is 33.4 Å². The van der Waals surface area contributed by atoms with Gasteiger partial charge in [-0.3, -0.25) is 0 Å². The number of nitrogens with zero attached hydrogens (tertiary/aromatic N) is 8. The smallest absolute Gasteiger partial charge is 0.383 e. The van der Waals surface area contributed by atoms with Crippen LogP contribution in [0.5, 0.6) is 0 Å². The molecule has 4 aromatic heterocycles. The first kappa shape index (κ1) is 23.8. The summed E-state index contributed by atoms with van der Waals surface area (Å²) in [4.78, 5) is 15.0. The molecule has 4 heterocycles. The van der Waals surface area contributed by atoms with Gasteiger partial charge in [0, 0.05) is 41.3 Å². The Bertz CT molecular complexity index is 1680. The molecule has 0 spiro atoms. The molecule has 0 unspecified atom stereocenters. The highest BCUT2D eigenvalue weighted by Crippen LogP contribution is 2.39. The molecule has 0 bridgehead atoms. The average Bonchev–Trinajstić information content (AvgIpc) is 3.47. The van der Waals surface area contributed by atoms with E-state index in [0.29, 0.717) is 5.56 Å². The van der Waals surface area contributed by atoms with Gasteiger partial charge in [0.25, 0.3) is 0 Å². The van der Waals surface area contributed by atoms with Crippen molar-refractivity contribution in [2.24, 2.45) is 0 Å². The Hall–Kier alpha value is -4.93. The van der Waals surface area contributed by atoms with Gasteiger partial charge in [-0.1, -0.05) is 0 Å². The standard InChI is InChI=1S/C23H14F5N9/c1-11(13-8-35-36(9-13)16-3-2-14(24)4-15(16)25)37-17(5-29)18(19-20(30)33-10-34-21(19)37)12-6-31-22(32-7-12)23(26,27)28/h2-4,6-11H,1H3,(H2,30,33,34)/t11-/m1/s1. The molecular formula is C23H14F5N9. The Morgan fingerprint density at radius 3 is 2.43 bits per heavy atom. The normalized spacial score (nSPS) is 12.6. The number of aromatic nitrogens is 7. The second-order valence-corrected chi connectivity index (χ2v) is 7.95. The van der Waals surface area contributed by atoms with Crippen LogP contribution in [0, 0.1) is 23.0 Å². The molecule has 37 heavy (non-hydrogen) atoms. The van der Waals surface area contributed by atoms with E-state index >= 15 is 0 Å². The van der Waals surface area contributed by atoms with Crippen molar-refractivity contribution >= 4 is 16.9 Å². The van der Waals surface area contributed by atoms with Crippen LogP contribution in [0.3, 0.4) is 0 Å². The topological polar surface area (TPSA) is 124 Å². The van der Waals surface area contributed by atoms with E-state index in [4.69, 9.17) is 5.73 Å². The van der Waals surface area contributed by atoms with Crippen LogP contribution in [-0.2, 0) is 6.18 Å². The second kappa shape index (κ2) is 8.63. The molecule has 0 aliphatic rings. The number of halogens is 5. The molecule has 9 nitrogen and oxygen atoms in total. The Kier molecular flexibility index (Phi) is 5.55. The largest absolute Gasteiger partial charge is 0.451 e. The lowest BCUT2D eigenvalue weighted by molar-refractivity contribution is -0.144. The van der Waals surface area contributed by atoms with Crippen molar-refractivity contribution in [3.63, 3.8) is 0 Å². The fourth-order valence-electron chi connectivity index (χ4n) is 4.03. The summed E-state index contributed by atoms with van der Waals surface area (Å²) in [6.45, 7) is 1.72. The SMILES string of the molecule is C[C@H](c1cnn(-c2ccc(F)cc2F)c1)n1c(C#N)c(-c2cnc(C(F)(F)F)nc2)c2c(N)ncnc21. The van der Waals surface area contributed by atoms with E-state index in [0.717, 1.165) is 24.5 Å². The van der Waals surface area contributed by atoms with E-state index in [-0.39, 0.29) is 39.4 Å². The lowest BCUT2D eigenvalue weighted by atomic mass is 10.1. The van der Waals surface area contributed by atoms with Crippen LogP contribution in [0.15, 0.2) is 49.3 Å². The average molecular weight is 511 g/mol. The summed E-state index contributed by atoms with van der Waals surface area (Å²) in [5, 5.41) is 14.5. The molecular weight excluding hydrogens is 497 g/mol. The predicted octanol–water partition coefficient (Wildman–Crippen LogP) is 4.43. The Morgan fingerprint density at radius 2 is 1.78 bits per heavy atom. The lowest BCUT2D eigenvalue weighted by Gasteiger charge is -2.14. The molecule has 0 saturated heterocycles. The quantitative estimate of drug-likeness (QED) is 0.354. The van der Waals surface area contributed by atoms with Gasteiger partial charge < -0.3 is 10.3 Å². The zero-order valence-electron chi connectivity index (χ0n) is 18.7. The van der Waals surface area contributed by atoms with Gasteiger partial charge in [-0.15, -0.1) is 0 Å². The highest BCUT2D eigenvalue weighted by Gasteiger charge is 2.35. The molecule has 2 N–H and O–H groups in total. The molecule has 5 rings (SSSR count). The molecule has 5 aromatic rings. The van der Waals surface area contributed by atoms with E-state index in [2.05, 4.69) is 31.1 Å². The van der Waals surface area contributed by atoms with Gasteiger partial charge in [0.05, 0.1) is 17.6 Å². The zero-order valence-corrected chi connectivity index (χ0v) is 18.7. The van der Waals surface area contributed by atoms with E-state index in [1.54, 1.807) is 6.92 Å². The fourth-order valence-corrected chi connectivity index (χ4v) is 4.03. The minimum Gasteiger partial charge on any atom is -0.383 e. The molecule has 0 aliphatic carbocycles. The molecule has 186 valence electrons. The number of alkyl halides is 3. The summed E-state index contributed by atoms with van der Waals surface area (Å²) in [7, 11) is 0. The van der Waals surface area contributed by atoms with Crippen molar-refractivity contribution in [3.8, 4) is 22.9 Å². The predicted molar refractivity (Wildman–Crippen MR) is 120 cm³/mol. The number of nitriles is 1. The monoisotopic (exact) mass is 511 g/mol. The number of nitrogens with two attached hydrogens (primary N) is 1. The summed E-state index contributed by atoms with van der Waals surface area (Å²) in [5.41, 5.74) is 7.12. The summed E-state index contributed by atoms with van der Waals surface area (Å²) < 4.78 is 69.3. The summed E-state index contributed by atoms with van der Waals surface area (Å²) in [6, 6.07) is 4.48. The van der Waals surface area contributed by atoms with Crippen LogP contribution in [-0.4, -0.2) is 34.3 Å². The Morgan fingerprint density at radius 1 is 1.05 bits per heavy atom. The van der Waals surface area contributed by atoms with E-state index < -0.39 is 29.7 Å². The highest BCUT2D eigenvalue weighted by molar-refractivity contribution is 6.03. The minimum absolute atomic E-state index is 0.00637.